The Bertz CT molecular complexity index is 574. The van der Waals surface area contributed by atoms with E-state index in [1.165, 1.54) is 5.56 Å². The van der Waals surface area contributed by atoms with Crippen LogP contribution in [-0.2, 0) is 0 Å². The number of nitrogens with zero attached hydrogens (tertiary/aromatic N) is 1. The Kier molecular flexibility index (Phi) is 3.95. The molecule has 0 bridgehead atoms. The van der Waals surface area contributed by atoms with Crippen molar-refractivity contribution >= 4 is 5.91 Å². The molecule has 1 amide bonds. The van der Waals surface area contributed by atoms with E-state index in [2.05, 4.69) is 48.4 Å². The first-order valence-electron chi connectivity index (χ1n) is 6.40. The van der Waals surface area contributed by atoms with Crippen molar-refractivity contribution in [2.24, 2.45) is 0 Å². The van der Waals surface area contributed by atoms with Gasteiger partial charge in [0.15, 0.2) is 0 Å². The van der Waals surface area contributed by atoms with E-state index in [-0.39, 0.29) is 5.91 Å². The van der Waals surface area contributed by atoms with Crippen molar-refractivity contribution in [1.29, 1.82) is 0 Å². The van der Waals surface area contributed by atoms with Crippen LogP contribution in [-0.4, -0.2) is 17.9 Å². The second kappa shape index (κ2) is 5.65. The summed E-state index contributed by atoms with van der Waals surface area (Å²) in [6.45, 7) is 4.35. The van der Waals surface area contributed by atoms with E-state index in [0.29, 0.717) is 11.6 Å². The maximum atomic E-state index is 11.4. The molecule has 3 heteroatoms. The van der Waals surface area contributed by atoms with E-state index in [0.717, 1.165) is 11.1 Å². The Morgan fingerprint density at radius 2 is 1.95 bits per heavy atom. The van der Waals surface area contributed by atoms with Gasteiger partial charge in [-0.1, -0.05) is 44.2 Å². The van der Waals surface area contributed by atoms with Crippen LogP contribution in [0, 0.1) is 0 Å². The number of hydrogen-bond donors (Lipinski definition) is 1. The average molecular weight is 254 g/mol. The summed E-state index contributed by atoms with van der Waals surface area (Å²) < 4.78 is 0. The second-order valence-corrected chi connectivity index (χ2v) is 4.79. The molecule has 0 saturated carbocycles. The largest absolute Gasteiger partial charge is 0.354 e. The molecule has 0 saturated heterocycles. The first-order chi connectivity index (χ1) is 9.11. The normalized spacial score (nSPS) is 10.5. The van der Waals surface area contributed by atoms with Gasteiger partial charge in [-0.25, -0.2) is 0 Å². The van der Waals surface area contributed by atoms with Crippen LogP contribution in [0.5, 0.6) is 0 Å². The van der Waals surface area contributed by atoms with Gasteiger partial charge in [0, 0.05) is 18.8 Å². The molecule has 0 radical (unpaired) electrons. The summed E-state index contributed by atoms with van der Waals surface area (Å²) in [4.78, 5) is 15.6. The monoisotopic (exact) mass is 254 g/mol. The van der Waals surface area contributed by atoms with Crippen LogP contribution in [0.15, 0.2) is 42.6 Å². The molecular weight excluding hydrogens is 236 g/mol. The smallest absolute Gasteiger partial charge is 0.269 e. The fraction of sp³-hybridized carbons (Fsp3) is 0.250. The van der Waals surface area contributed by atoms with Crippen molar-refractivity contribution in [3.8, 4) is 11.1 Å². The van der Waals surface area contributed by atoms with Crippen LogP contribution in [0.2, 0.25) is 0 Å². The van der Waals surface area contributed by atoms with Crippen molar-refractivity contribution in [2.75, 3.05) is 7.05 Å². The molecule has 3 nitrogen and oxygen atoms in total. The molecule has 1 heterocycles. The van der Waals surface area contributed by atoms with Crippen molar-refractivity contribution in [1.82, 2.24) is 10.3 Å². The summed E-state index contributed by atoms with van der Waals surface area (Å²) in [5, 5.41) is 2.56. The molecule has 0 aliphatic rings. The molecule has 0 aliphatic heterocycles. The Balaban J connectivity index is 2.32. The number of rotatable bonds is 3. The Morgan fingerprint density at radius 1 is 1.16 bits per heavy atom. The van der Waals surface area contributed by atoms with Crippen LogP contribution < -0.4 is 5.32 Å². The second-order valence-electron chi connectivity index (χ2n) is 4.79. The highest BCUT2D eigenvalue weighted by molar-refractivity contribution is 5.92. The van der Waals surface area contributed by atoms with Gasteiger partial charge in [-0.15, -0.1) is 0 Å². The molecule has 0 atom stereocenters. The van der Waals surface area contributed by atoms with Crippen molar-refractivity contribution in [3.63, 3.8) is 0 Å². The molecule has 0 unspecified atom stereocenters. The summed E-state index contributed by atoms with van der Waals surface area (Å²) in [7, 11) is 1.60. The van der Waals surface area contributed by atoms with Gasteiger partial charge in [0.1, 0.15) is 5.69 Å². The Labute approximate surface area is 113 Å². The first kappa shape index (κ1) is 13.3. The van der Waals surface area contributed by atoms with Gasteiger partial charge in [0.05, 0.1) is 0 Å². The zero-order valence-corrected chi connectivity index (χ0v) is 11.5. The van der Waals surface area contributed by atoms with Gasteiger partial charge in [0.2, 0.25) is 0 Å². The summed E-state index contributed by atoms with van der Waals surface area (Å²) >= 11 is 0. The lowest BCUT2D eigenvalue weighted by atomic mass is 9.98. The number of amides is 1. The number of benzene rings is 1. The number of pyridine rings is 1. The van der Waals surface area contributed by atoms with Crippen molar-refractivity contribution < 1.29 is 4.79 Å². The standard InChI is InChI=1S/C16H18N2O/c1-11(2)12-5-4-6-13(9-12)14-7-8-15(18-10-14)16(19)17-3/h4-11H,1-3H3,(H,17,19). The summed E-state index contributed by atoms with van der Waals surface area (Å²) in [6, 6.07) is 12.1. The van der Waals surface area contributed by atoms with E-state index in [1.54, 1.807) is 19.3 Å². The number of nitrogens with one attached hydrogen (secondary N) is 1. The topological polar surface area (TPSA) is 42.0 Å². The molecule has 0 fully saturated rings. The predicted molar refractivity (Wildman–Crippen MR) is 77.2 cm³/mol. The minimum atomic E-state index is -0.164. The molecule has 0 spiro atoms. The van der Waals surface area contributed by atoms with Gasteiger partial charge < -0.3 is 5.32 Å². The zero-order chi connectivity index (χ0) is 13.8. The highest BCUT2D eigenvalue weighted by atomic mass is 16.1. The van der Waals surface area contributed by atoms with E-state index < -0.39 is 0 Å². The lowest BCUT2D eigenvalue weighted by molar-refractivity contribution is 0.0958. The van der Waals surface area contributed by atoms with Crippen LogP contribution >= 0.6 is 0 Å². The number of carbonyl (C=O) groups is 1. The van der Waals surface area contributed by atoms with Crippen molar-refractivity contribution in [2.45, 2.75) is 19.8 Å². The zero-order valence-electron chi connectivity index (χ0n) is 11.5. The summed E-state index contributed by atoms with van der Waals surface area (Å²) in [5.74, 6) is 0.334. The van der Waals surface area contributed by atoms with Crippen LogP contribution in [0.4, 0.5) is 0 Å². The number of carbonyl (C=O) groups excluding carboxylic acids is 1. The maximum absolute atomic E-state index is 11.4. The van der Waals surface area contributed by atoms with E-state index in [1.807, 2.05) is 6.07 Å². The van der Waals surface area contributed by atoms with E-state index in [4.69, 9.17) is 0 Å². The maximum Gasteiger partial charge on any atom is 0.269 e. The lowest BCUT2D eigenvalue weighted by Gasteiger charge is -2.08. The highest BCUT2D eigenvalue weighted by Crippen LogP contribution is 2.23. The molecule has 0 aliphatic carbocycles. The molecule has 98 valence electrons. The number of aromatic nitrogens is 1. The fourth-order valence-corrected chi connectivity index (χ4v) is 1.90. The molecule has 1 N–H and O–H groups in total. The highest BCUT2D eigenvalue weighted by Gasteiger charge is 2.06. The van der Waals surface area contributed by atoms with Crippen LogP contribution in [0.25, 0.3) is 11.1 Å². The molecule has 1 aromatic carbocycles. The molecule has 2 rings (SSSR count). The van der Waals surface area contributed by atoms with Gasteiger partial charge in [-0.3, -0.25) is 9.78 Å². The van der Waals surface area contributed by atoms with Crippen LogP contribution in [0.3, 0.4) is 0 Å². The van der Waals surface area contributed by atoms with Crippen molar-refractivity contribution in [3.05, 3.63) is 53.9 Å². The van der Waals surface area contributed by atoms with Gasteiger partial charge in [0.25, 0.3) is 5.91 Å². The van der Waals surface area contributed by atoms with Gasteiger partial charge in [-0.05, 0) is 23.1 Å². The third-order valence-corrected chi connectivity index (χ3v) is 3.11. The minimum Gasteiger partial charge on any atom is -0.354 e. The summed E-state index contributed by atoms with van der Waals surface area (Å²) in [5.41, 5.74) is 3.89. The fourth-order valence-electron chi connectivity index (χ4n) is 1.90. The average Bonchev–Trinajstić information content (AvgIpc) is 2.46. The van der Waals surface area contributed by atoms with E-state index in [9.17, 15) is 4.79 Å². The van der Waals surface area contributed by atoms with Crippen LogP contribution in [0.1, 0.15) is 35.8 Å². The first-order valence-corrected chi connectivity index (χ1v) is 6.40. The third kappa shape index (κ3) is 2.99. The summed E-state index contributed by atoms with van der Waals surface area (Å²) in [6.07, 6.45) is 1.74. The SMILES string of the molecule is CNC(=O)c1ccc(-c2cccc(C(C)C)c2)cn1. The molecule has 2 aromatic rings. The van der Waals surface area contributed by atoms with E-state index >= 15 is 0 Å². The molecule has 19 heavy (non-hydrogen) atoms. The molecule has 1 aromatic heterocycles. The lowest BCUT2D eigenvalue weighted by Crippen LogP contribution is -2.18. The Morgan fingerprint density at radius 3 is 2.53 bits per heavy atom. The molecular formula is C16H18N2O. The quantitative estimate of drug-likeness (QED) is 0.913. The number of hydrogen-bond acceptors (Lipinski definition) is 2. The predicted octanol–water partition coefficient (Wildman–Crippen LogP) is 3.23. The van der Waals surface area contributed by atoms with Gasteiger partial charge >= 0.3 is 0 Å². The third-order valence-electron chi connectivity index (χ3n) is 3.11. The Hall–Kier alpha value is -2.16. The minimum absolute atomic E-state index is 0.164. The van der Waals surface area contributed by atoms with Gasteiger partial charge in [-0.2, -0.15) is 0 Å².